The van der Waals surface area contributed by atoms with E-state index in [2.05, 4.69) is 9.97 Å². The molecule has 17 heavy (non-hydrogen) atoms. The summed E-state index contributed by atoms with van der Waals surface area (Å²) in [5.74, 6) is 0.328. The number of para-hydroxylation sites is 1. The Morgan fingerprint density at radius 3 is 2.53 bits per heavy atom. The second-order valence-corrected chi connectivity index (χ2v) is 3.76. The summed E-state index contributed by atoms with van der Waals surface area (Å²) in [7, 11) is 0. The molecule has 1 heterocycles. The van der Waals surface area contributed by atoms with Crippen molar-refractivity contribution in [3.05, 3.63) is 53.1 Å². The molecule has 0 fully saturated rings. The number of aromatic hydroxyl groups is 1. The van der Waals surface area contributed by atoms with Crippen molar-refractivity contribution < 1.29 is 9.90 Å². The van der Waals surface area contributed by atoms with Crippen LogP contribution in [0.3, 0.4) is 0 Å². The summed E-state index contributed by atoms with van der Waals surface area (Å²) in [4.78, 5) is 20.3. The number of hydrogen-bond donors (Lipinski definition) is 1. The van der Waals surface area contributed by atoms with E-state index in [0.717, 1.165) is 0 Å². The molecule has 4 heteroatoms. The molecule has 4 nitrogen and oxygen atoms in total. The maximum atomic E-state index is 12.2. The van der Waals surface area contributed by atoms with Crippen LogP contribution in [0, 0.1) is 13.8 Å². The average Bonchev–Trinajstić information content (AvgIpc) is 2.29. The quantitative estimate of drug-likeness (QED) is 0.799. The molecule has 0 atom stereocenters. The first-order valence-corrected chi connectivity index (χ1v) is 5.22. The van der Waals surface area contributed by atoms with Crippen LogP contribution in [-0.2, 0) is 0 Å². The van der Waals surface area contributed by atoms with Crippen LogP contribution < -0.4 is 0 Å². The smallest absolute Gasteiger partial charge is 0.200 e. The van der Waals surface area contributed by atoms with Gasteiger partial charge in [-0.2, -0.15) is 0 Å². The van der Waals surface area contributed by atoms with Crippen LogP contribution in [0.5, 0.6) is 5.75 Å². The normalized spacial score (nSPS) is 10.2. The minimum absolute atomic E-state index is 0.0301. The molecule has 1 aromatic heterocycles. The van der Waals surface area contributed by atoms with Gasteiger partial charge in [-0.25, -0.2) is 9.97 Å². The minimum Gasteiger partial charge on any atom is -0.507 e. The Balaban J connectivity index is 2.48. The Kier molecular flexibility index (Phi) is 2.87. The standard InChI is InChI=1S/C13H12N2O2/c1-8-11(7-14-9(2)15-8)13(17)10-5-3-4-6-12(10)16/h3-7,16H,1-2H3. The molecule has 0 amide bonds. The van der Waals surface area contributed by atoms with Gasteiger partial charge < -0.3 is 5.11 Å². The molecule has 0 aliphatic rings. The highest BCUT2D eigenvalue weighted by Gasteiger charge is 2.16. The van der Waals surface area contributed by atoms with Gasteiger partial charge in [0.15, 0.2) is 5.78 Å². The monoisotopic (exact) mass is 228 g/mol. The molecular weight excluding hydrogens is 216 g/mol. The fourth-order valence-corrected chi connectivity index (χ4v) is 1.62. The maximum Gasteiger partial charge on any atom is 0.200 e. The van der Waals surface area contributed by atoms with Crippen molar-refractivity contribution in [3.8, 4) is 5.75 Å². The van der Waals surface area contributed by atoms with Crippen LogP contribution in [0.1, 0.15) is 27.4 Å². The van der Waals surface area contributed by atoms with E-state index in [0.29, 0.717) is 17.1 Å². The SMILES string of the molecule is Cc1ncc(C(=O)c2ccccc2O)c(C)n1. The molecule has 2 rings (SSSR count). The first kappa shape index (κ1) is 11.3. The lowest BCUT2D eigenvalue weighted by molar-refractivity contribution is 0.103. The fraction of sp³-hybridized carbons (Fsp3) is 0.154. The van der Waals surface area contributed by atoms with Crippen molar-refractivity contribution in [1.29, 1.82) is 0 Å². The average molecular weight is 228 g/mol. The lowest BCUT2D eigenvalue weighted by Gasteiger charge is -2.06. The molecule has 2 aromatic rings. The number of benzene rings is 1. The highest BCUT2D eigenvalue weighted by atomic mass is 16.3. The number of ketones is 1. The second-order valence-electron chi connectivity index (χ2n) is 3.76. The van der Waals surface area contributed by atoms with E-state index in [4.69, 9.17) is 0 Å². The lowest BCUT2D eigenvalue weighted by Crippen LogP contribution is -2.07. The first-order valence-electron chi connectivity index (χ1n) is 5.22. The number of aryl methyl sites for hydroxylation is 2. The van der Waals surface area contributed by atoms with Crippen molar-refractivity contribution in [2.75, 3.05) is 0 Å². The van der Waals surface area contributed by atoms with Gasteiger partial charge in [0.25, 0.3) is 0 Å². The number of phenols is 1. The summed E-state index contributed by atoms with van der Waals surface area (Å²) < 4.78 is 0. The third kappa shape index (κ3) is 2.15. The molecule has 0 saturated heterocycles. The van der Waals surface area contributed by atoms with Crippen molar-refractivity contribution in [2.24, 2.45) is 0 Å². The largest absolute Gasteiger partial charge is 0.507 e. The van der Waals surface area contributed by atoms with Crippen LogP contribution in [0.25, 0.3) is 0 Å². The first-order chi connectivity index (χ1) is 8.09. The van der Waals surface area contributed by atoms with Crippen LogP contribution >= 0.6 is 0 Å². The number of carbonyl (C=O) groups is 1. The van der Waals surface area contributed by atoms with Gasteiger partial charge in [-0.1, -0.05) is 12.1 Å². The number of aromatic nitrogens is 2. The van der Waals surface area contributed by atoms with Crippen LogP contribution in [0.15, 0.2) is 30.5 Å². The molecular formula is C13H12N2O2. The molecule has 86 valence electrons. The summed E-state index contributed by atoms with van der Waals surface area (Å²) in [5, 5.41) is 9.63. The molecule has 1 N–H and O–H groups in total. The Hall–Kier alpha value is -2.23. The predicted molar refractivity (Wildman–Crippen MR) is 63.0 cm³/mol. The highest BCUT2D eigenvalue weighted by Crippen LogP contribution is 2.20. The van der Waals surface area contributed by atoms with Crippen LogP contribution in [0.2, 0.25) is 0 Å². The van der Waals surface area contributed by atoms with Crippen molar-refractivity contribution in [2.45, 2.75) is 13.8 Å². The zero-order valence-corrected chi connectivity index (χ0v) is 9.64. The van der Waals surface area contributed by atoms with Gasteiger partial charge in [0.1, 0.15) is 11.6 Å². The molecule has 0 aliphatic carbocycles. The summed E-state index contributed by atoms with van der Waals surface area (Å²) in [6, 6.07) is 6.44. The van der Waals surface area contributed by atoms with Gasteiger partial charge >= 0.3 is 0 Å². The Labute approximate surface area is 99.0 Å². The van der Waals surface area contributed by atoms with Crippen LogP contribution in [-0.4, -0.2) is 20.9 Å². The van der Waals surface area contributed by atoms with Gasteiger partial charge in [0.05, 0.1) is 16.8 Å². The van der Waals surface area contributed by atoms with Gasteiger partial charge in [0, 0.05) is 6.20 Å². The van der Waals surface area contributed by atoms with E-state index in [1.807, 2.05) is 0 Å². The van der Waals surface area contributed by atoms with Gasteiger partial charge in [-0.05, 0) is 26.0 Å². The molecule has 0 saturated carbocycles. The third-order valence-electron chi connectivity index (χ3n) is 2.49. The lowest BCUT2D eigenvalue weighted by atomic mass is 10.0. The Morgan fingerprint density at radius 2 is 1.88 bits per heavy atom. The van der Waals surface area contributed by atoms with E-state index in [9.17, 15) is 9.90 Å². The van der Waals surface area contributed by atoms with E-state index >= 15 is 0 Å². The summed E-state index contributed by atoms with van der Waals surface area (Å²) in [5.41, 5.74) is 1.30. The van der Waals surface area contributed by atoms with Crippen molar-refractivity contribution >= 4 is 5.78 Å². The third-order valence-corrected chi connectivity index (χ3v) is 2.49. The predicted octanol–water partition coefficient (Wildman–Crippen LogP) is 2.03. The molecule has 0 spiro atoms. The minimum atomic E-state index is -0.263. The Morgan fingerprint density at radius 1 is 1.18 bits per heavy atom. The highest BCUT2D eigenvalue weighted by molar-refractivity contribution is 6.11. The molecule has 1 aromatic carbocycles. The van der Waals surface area contributed by atoms with E-state index < -0.39 is 0 Å². The zero-order valence-electron chi connectivity index (χ0n) is 9.64. The summed E-state index contributed by atoms with van der Waals surface area (Å²) in [6.45, 7) is 3.52. The number of nitrogens with zero attached hydrogens (tertiary/aromatic N) is 2. The second kappa shape index (κ2) is 4.33. The van der Waals surface area contributed by atoms with Crippen LogP contribution in [0.4, 0.5) is 0 Å². The topological polar surface area (TPSA) is 63.1 Å². The van der Waals surface area contributed by atoms with Crippen molar-refractivity contribution in [1.82, 2.24) is 9.97 Å². The summed E-state index contributed by atoms with van der Waals surface area (Å²) >= 11 is 0. The van der Waals surface area contributed by atoms with Gasteiger partial charge in [0.2, 0.25) is 0 Å². The Bertz CT molecular complexity index is 579. The molecule has 0 bridgehead atoms. The summed E-state index contributed by atoms with van der Waals surface area (Å²) in [6.07, 6.45) is 1.49. The number of carbonyl (C=O) groups excluding carboxylic acids is 1. The number of rotatable bonds is 2. The zero-order chi connectivity index (χ0) is 12.4. The molecule has 0 aliphatic heterocycles. The number of hydrogen-bond acceptors (Lipinski definition) is 4. The fourth-order valence-electron chi connectivity index (χ4n) is 1.62. The maximum absolute atomic E-state index is 12.2. The van der Waals surface area contributed by atoms with E-state index in [1.165, 1.54) is 12.3 Å². The van der Waals surface area contributed by atoms with E-state index in [-0.39, 0.29) is 17.1 Å². The number of phenolic OH excluding ortho intramolecular Hbond substituents is 1. The molecule has 0 radical (unpaired) electrons. The van der Waals surface area contributed by atoms with E-state index in [1.54, 1.807) is 32.0 Å². The molecule has 0 unspecified atom stereocenters. The van der Waals surface area contributed by atoms with Gasteiger partial charge in [-0.3, -0.25) is 4.79 Å². The van der Waals surface area contributed by atoms with Crippen molar-refractivity contribution in [3.63, 3.8) is 0 Å². The van der Waals surface area contributed by atoms with Gasteiger partial charge in [-0.15, -0.1) is 0 Å².